The van der Waals surface area contributed by atoms with Crippen LogP contribution >= 0.6 is 23.2 Å². The van der Waals surface area contributed by atoms with Crippen LogP contribution in [0, 0.1) is 0 Å². The molecule has 0 spiro atoms. The summed E-state index contributed by atoms with van der Waals surface area (Å²) in [5.74, 6) is -3.66. The summed E-state index contributed by atoms with van der Waals surface area (Å²) in [6, 6.07) is 12.6. The van der Waals surface area contributed by atoms with E-state index < -0.39 is 36.3 Å². The van der Waals surface area contributed by atoms with Gasteiger partial charge < -0.3 is 31.3 Å². The van der Waals surface area contributed by atoms with Crippen LogP contribution in [0.25, 0.3) is 0 Å². The Bertz CT molecular complexity index is 1340. The first-order chi connectivity index (χ1) is 17.5. The van der Waals surface area contributed by atoms with Gasteiger partial charge >= 0.3 is 5.97 Å². The molecule has 0 bridgehead atoms. The number of hydrogen-bond acceptors (Lipinski definition) is 6. The molecule has 3 rings (SSSR count). The van der Waals surface area contributed by atoms with Crippen LogP contribution in [0.1, 0.15) is 36.6 Å². The minimum atomic E-state index is -1.54. The number of carbonyl (C=O) groups excluding carboxylic acids is 3. The molecule has 0 aliphatic rings. The number of benzene rings is 3. The van der Waals surface area contributed by atoms with Crippen molar-refractivity contribution in [3.05, 3.63) is 93.0 Å². The molecule has 0 aliphatic heterocycles. The fourth-order valence-corrected chi connectivity index (χ4v) is 3.91. The molecule has 0 saturated carbocycles. The van der Waals surface area contributed by atoms with Crippen LogP contribution in [-0.4, -0.2) is 51.6 Å². The van der Waals surface area contributed by atoms with Crippen LogP contribution in [0.15, 0.2) is 60.7 Å². The molecular formula is C25H21Cl2N3O7. The highest BCUT2D eigenvalue weighted by Gasteiger charge is 2.25. The van der Waals surface area contributed by atoms with Crippen molar-refractivity contribution in [2.24, 2.45) is 0 Å². The Morgan fingerprint density at radius 3 is 1.95 bits per heavy atom. The third kappa shape index (κ3) is 7.35. The second kappa shape index (κ2) is 12.1. The average molecular weight is 546 g/mol. The second-order valence-electron chi connectivity index (χ2n) is 7.79. The molecule has 3 aromatic rings. The number of phenols is 2. The Labute approximate surface area is 220 Å². The largest absolute Gasteiger partial charge is 0.508 e. The van der Waals surface area contributed by atoms with Gasteiger partial charge in [0, 0.05) is 24.2 Å². The number of nitrogens with one attached hydrogen (secondary N) is 3. The third-order valence-electron chi connectivity index (χ3n) is 5.07. The lowest BCUT2D eigenvalue weighted by molar-refractivity contribution is -0.139. The van der Waals surface area contributed by atoms with Gasteiger partial charge in [0.1, 0.15) is 17.5 Å². The molecule has 0 aliphatic carbocycles. The summed E-state index contributed by atoms with van der Waals surface area (Å²) in [7, 11) is 0. The highest BCUT2D eigenvalue weighted by Crippen LogP contribution is 2.27. The zero-order valence-corrected chi connectivity index (χ0v) is 20.5. The Kier molecular flexibility index (Phi) is 8.94. The molecule has 0 heterocycles. The van der Waals surface area contributed by atoms with E-state index in [1.807, 2.05) is 0 Å². The quantitative estimate of drug-likeness (QED) is 0.240. The molecule has 1 atom stereocenters. The van der Waals surface area contributed by atoms with Gasteiger partial charge in [-0.2, -0.15) is 0 Å². The van der Waals surface area contributed by atoms with Crippen molar-refractivity contribution in [3.8, 4) is 11.5 Å². The fraction of sp³-hybridized carbons (Fsp3) is 0.120. The average Bonchev–Trinajstić information content (AvgIpc) is 2.84. The summed E-state index contributed by atoms with van der Waals surface area (Å²) in [4.78, 5) is 49.2. The van der Waals surface area contributed by atoms with E-state index in [1.54, 1.807) is 12.1 Å². The molecule has 3 aromatic carbocycles. The van der Waals surface area contributed by atoms with Crippen LogP contribution < -0.4 is 16.0 Å². The number of carboxylic acids is 1. The van der Waals surface area contributed by atoms with Crippen molar-refractivity contribution in [1.82, 2.24) is 16.0 Å². The molecule has 3 amide bonds. The Balaban J connectivity index is 1.66. The zero-order chi connectivity index (χ0) is 27.1. The molecule has 0 fully saturated rings. The Morgan fingerprint density at radius 1 is 0.757 bits per heavy atom. The minimum absolute atomic E-state index is 0.0480. The molecule has 6 N–H and O–H groups in total. The van der Waals surface area contributed by atoms with E-state index in [0.29, 0.717) is 5.56 Å². The fourth-order valence-electron chi connectivity index (χ4n) is 3.25. The smallest absolute Gasteiger partial charge is 0.328 e. The first kappa shape index (κ1) is 27.3. The van der Waals surface area contributed by atoms with Gasteiger partial charge in [0.05, 0.1) is 15.6 Å². The highest BCUT2D eigenvalue weighted by atomic mass is 35.5. The van der Waals surface area contributed by atoms with Gasteiger partial charge in [-0.1, -0.05) is 41.4 Å². The lowest BCUT2D eigenvalue weighted by Gasteiger charge is -2.17. The van der Waals surface area contributed by atoms with Gasteiger partial charge in [-0.05, 0) is 48.0 Å². The van der Waals surface area contributed by atoms with Crippen LogP contribution in [0.4, 0.5) is 0 Å². The van der Waals surface area contributed by atoms with E-state index in [1.165, 1.54) is 48.5 Å². The molecule has 12 heteroatoms. The van der Waals surface area contributed by atoms with Crippen LogP contribution in [0.3, 0.4) is 0 Å². The van der Waals surface area contributed by atoms with E-state index in [9.17, 15) is 34.5 Å². The predicted molar refractivity (Wildman–Crippen MR) is 135 cm³/mol. The van der Waals surface area contributed by atoms with Gasteiger partial charge in [0.2, 0.25) is 0 Å². The predicted octanol–water partition coefficient (Wildman–Crippen LogP) is 2.95. The second-order valence-corrected chi connectivity index (χ2v) is 8.61. The standard InChI is InChI=1S/C25H21Cl2N3O7/c26-18-9-15(23(34)28-11-13-3-1-5-16(31)7-13)10-19(27)21(18)24(35)30-20(25(36)37)12-29-22(33)14-4-2-6-17(32)8-14/h1-10,20,31-32H,11-12H2,(H,28,34)(H,29,33)(H,30,35)(H,36,37). The molecule has 10 nitrogen and oxygen atoms in total. The number of rotatable bonds is 9. The number of phenolic OH excluding ortho intramolecular Hbond substituents is 2. The lowest BCUT2D eigenvalue weighted by atomic mass is 10.1. The van der Waals surface area contributed by atoms with E-state index in [2.05, 4.69) is 16.0 Å². The summed E-state index contributed by atoms with van der Waals surface area (Å²) in [6.07, 6.45) is 0. The first-order valence-electron chi connectivity index (χ1n) is 10.7. The number of carboxylic acid groups (broad SMARTS) is 1. The van der Waals surface area contributed by atoms with Gasteiger partial charge in [0.25, 0.3) is 17.7 Å². The number of amides is 3. The van der Waals surface area contributed by atoms with Crippen LogP contribution in [-0.2, 0) is 11.3 Å². The Hall–Kier alpha value is -4.28. The topological polar surface area (TPSA) is 165 Å². The molecule has 0 radical (unpaired) electrons. The van der Waals surface area contributed by atoms with E-state index in [4.69, 9.17) is 23.2 Å². The summed E-state index contributed by atoms with van der Waals surface area (Å²) in [5.41, 5.74) is 0.551. The van der Waals surface area contributed by atoms with E-state index in [-0.39, 0.29) is 44.8 Å². The summed E-state index contributed by atoms with van der Waals surface area (Å²) in [6.45, 7) is -0.361. The minimum Gasteiger partial charge on any atom is -0.508 e. The number of halogens is 2. The number of carbonyl (C=O) groups is 4. The molecular weight excluding hydrogens is 525 g/mol. The monoisotopic (exact) mass is 545 g/mol. The maximum Gasteiger partial charge on any atom is 0.328 e. The van der Waals surface area contributed by atoms with Crippen LogP contribution in [0.5, 0.6) is 11.5 Å². The van der Waals surface area contributed by atoms with Crippen molar-refractivity contribution < 1.29 is 34.5 Å². The van der Waals surface area contributed by atoms with Gasteiger partial charge in [0.15, 0.2) is 0 Å². The third-order valence-corrected chi connectivity index (χ3v) is 5.67. The summed E-state index contributed by atoms with van der Waals surface area (Å²) >= 11 is 12.4. The Morgan fingerprint density at radius 2 is 1.35 bits per heavy atom. The maximum absolute atomic E-state index is 12.8. The molecule has 37 heavy (non-hydrogen) atoms. The highest BCUT2D eigenvalue weighted by molar-refractivity contribution is 6.40. The maximum atomic E-state index is 12.8. The summed E-state index contributed by atoms with van der Waals surface area (Å²) < 4.78 is 0. The number of aromatic hydroxyl groups is 2. The van der Waals surface area contributed by atoms with Crippen molar-refractivity contribution in [2.45, 2.75) is 12.6 Å². The van der Waals surface area contributed by atoms with Gasteiger partial charge in [-0.25, -0.2) is 4.79 Å². The SMILES string of the molecule is O=C(NCc1cccc(O)c1)c1cc(Cl)c(C(=O)NC(CNC(=O)c2cccc(O)c2)C(=O)O)c(Cl)c1. The van der Waals surface area contributed by atoms with Crippen molar-refractivity contribution in [1.29, 1.82) is 0 Å². The first-order valence-corrected chi connectivity index (χ1v) is 11.5. The molecule has 192 valence electrons. The van der Waals surface area contributed by atoms with Crippen molar-refractivity contribution >= 4 is 46.9 Å². The normalized spacial score (nSPS) is 11.3. The van der Waals surface area contributed by atoms with Gasteiger partial charge in [-0.3, -0.25) is 14.4 Å². The van der Waals surface area contributed by atoms with Crippen LogP contribution in [0.2, 0.25) is 10.0 Å². The molecule has 0 aromatic heterocycles. The molecule has 0 saturated heterocycles. The number of aliphatic carboxylic acids is 1. The van der Waals surface area contributed by atoms with Crippen molar-refractivity contribution in [2.75, 3.05) is 6.54 Å². The van der Waals surface area contributed by atoms with Crippen molar-refractivity contribution in [3.63, 3.8) is 0 Å². The van der Waals surface area contributed by atoms with E-state index in [0.717, 1.165) is 0 Å². The summed E-state index contributed by atoms with van der Waals surface area (Å²) in [5, 5.41) is 35.3. The molecule has 1 unspecified atom stereocenters. The van der Waals surface area contributed by atoms with Gasteiger partial charge in [-0.15, -0.1) is 0 Å². The zero-order valence-electron chi connectivity index (χ0n) is 19.0. The lowest BCUT2D eigenvalue weighted by Crippen LogP contribution is -2.48. The van der Waals surface area contributed by atoms with E-state index >= 15 is 0 Å². The number of hydrogen-bond donors (Lipinski definition) is 6.